The number of aromatic nitrogens is 3. The molecule has 1 saturated heterocycles. The summed E-state index contributed by atoms with van der Waals surface area (Å²) in [6.07, 6.45) is 5.47. The second-order valence-corrected chi connectivity index (χ2v) is 12.0. The Hall–Kier alpha value is -4.31. The number of nitrogens with one attached hydrogen (secondary N) is 2. The number of hydrogen-bond acceptors (Lipinski definition) is 9. The summed E-state index contributed by atoms with van der Waals surface area (Å²) in [4.78, 5) is 51.9. The van der Waals surface area contributed by atoms with Crippen LogP contribution in [-0.4, -0.2) is 95.2 Å². The van der Waals surface area contributed by atoms with Gasteiger partial charge in [-0.05, 0) is 44.2 Å². The molecule has 2 amide bonds. The number of hydrogen-bond donors (Lipinski definition) is 2. The highest BCUT2D eigenvalue weighted by atomic mass is 35.5. The van der Waals surface area contributed by atoms with Gasteiger partial charge >= 0.3 is 0 Å². The van der Waals surface area contributed by atoms with Crippen LogP contribution in [0.1, 0.15) is 26.2 Å². The molecule has 2 aliphatic rings. The zero-order chi connectivity index (χ0) is 33.7. The minimum absolute atomic E-state index is 0.0888. The Labute approximate surface area is 283 Å². The van der Waals surface area contributed by atoms with E-state index in [1.54, 1.807) is 34.7 Å². The van der Waals surface area contributed by atoms with Crippen molar-refractivity contribution >= 4 is 52.0 Å². The summed E-state index contributed by atoms with van der Waals surface area (Å²) >= 11 is 13.5. The third-order valence-electron chi connectivity index (χ3n) is 8.54. The van der Waals surface area contributed by atoms with E-state index in [2.05, 4.69) is 38.9 Å². The fourth-order valence-electron chi connectivity index (χ4n) is 6.05. The summed E-state index contributed by atoms with van der Waals surface area (Å²) < 4.78 is 12.5. The first-order valence-corrected chi connectivity index (χ1v) is 16.1. The van der Waals surface area contributed by atoms with E-state index in [9.17, 15) is 14.4 Å². The van der Waals surface area contributed by atoms with Gasteiger partial charge in [-0.1, -0.05) is 35.7 Å². The highest BCUT2D eigenvalue weighted by Crippen LogP contribution is 2.45. The summed E-state index contributed by atoms with van der Waals surface area (Å²) in [5.41, 5.74) is 0.592. The number of ether oxygens (including phenoxy) is 2. The summed E-state index contributed by atoms with van der Waals surface area (Å²) in [5.74, 6) is 5.78. The zero-order valence-electron chi connectivity index (χ0n) is 26.6. The molecule has 2 N–H and O–H groups in total. The van der Waals surface area contributed by atoms with Crippen LogP contribution in [0.3, 0.4) is 0 Å². The number of rotatable bonds is 10. The molecule has 1 aliphatic heterocycles. The number of benzene rings is 1. The lowest BCUT2D eigenvalue weighted by atomic mass is 10.0. The minimum Gasteiger partial charge on any atom is -0.495 e. The molecule has 1 saturated carbocycles. The van der Waals surface area contributed by atoms with Gasteiger partial charge in [-0.15, -0.1) is 0 Å². The van der Waals surface area contributed by atoms with E-state index in [0.717, 1.165) is 19.3 Å². The van der Waals surface area contributed by atoms with Gasteiger partial charge in [-0.25, -0.2) is 4.98 Å². The zero-order valence-corrected chi connectivity index (χ0v) is 28.1. The third kappa shape index (κ3) is 7.32. The number of pyridine rings is 1. The number of fused-ring (bicyclic) bond motifs is 1. The van der Waals surface area contributed by atoms with E-state index in [1.165, 1.54) is 20.3 Å². The van der Waals surface area contributed by atoms with Crippen molar-refractivity contribution in [3.8, 4) is 34.5 Å². The average Bonchev–Trinajstić information content (AvgIpc) is 3.51. The van der Waals surface area contributed by atoms with E-state index < -0.39 is 0 Å². The number of carbonyl (C=O) groups excluding carboxylic acids is 2. The first kappa shape index (κ1) is 34.0. The monoisotopic (exact) mass is 681 g/mol. The number of carbonyl (C=O) groups is 2. The molecule has 1 aromatic carbocycles. The lowest BCUT2D eigenvalue weighted by Gasteiger charge is -2.33. The van der Waals surface area contributed by atoms with E-state index in [0.29, 0.717) is 67.7 Å². The van der Waals surface area contributed by atoms with Gasteiger partial charge in [0, 0.05) is 74.6 Å². The van der Waals surface area contributed by atoms with Crippen molar-refractivity contribution in [2.24, 2.45) is 0 Å². The topological polar surface area (TPSA) is 131 Å². The van der Waals surface area contributed by atoms with E-state index in [-0.39, 0.29) is 50.6 Å². The fourth-order valence-corrected chi connectivity index (χ4v) is 6.76. The van der Waals surface area contributed by atoms with Crippen LogP contribution < -0.4 is 25.7 Å². The number of amides is 2. The predicted octanol–water partition coefficient (Wildman–Crippen LogP) is 3.59. The van der Waals surface area contributed by atoms with Crippen molar-refractivity contribution in [1.82, 2.24) is 29.7 Å². The number of nitrogens with zero attached hydrogens (tertiary/aromatic N) is 5. The Balaban J connectivity index is 1.53. The molecular formula is C33H37Cl2N7O5. The highest BCUT2D eigenvalue weighted by molar-refractivity contribution is 6.41. The first-order valence-electron chi connectivity index (χ1n) is 15.3. The first-order chi connectivity index (χ1) is 22.7. The lowest BCUT2D eigenvalue weighted by molar-refractivity contribution is -0.126. The second kappa shape index (κ2) is 15.1. The molecule has 14 heteroatoms. The number of anilines is 1. The molecule has 2 aromatic heterocycles. The SMILES string of the molecule is C=CC(=O)NC1CCCC1Nc1ncc2cc(-c3c(Cl)c(OC)cc(OC)c3Cl)c(=O)n(CCN3CCN(C(=O)C#CC)CC3)c2n1. The van der Waals surface area contributed by atoms with Gasteiger partial charge in [0.2, 0.25) is 11.9 Å². The highest BCUT2D eigenvalue weighted by Gasteiger charge is 2.29. The fraction of sp³-hybridized carbons (Fsp3) is 0.424. The van der Waals surface area contributed by atoms with Crippen LogP contribution in [0, 0.1) is 11.8 Å². The maximum absolute atomic E-state index is 14.4. The van der Waals surface area contributed by atoms with Gasteiger partial charge in [0.15, 0.2) is 0 Å². The Kier molecular flexibility index (Phi) is 10.9. The van der Waals surface area contributed by atoms with E-state index >= 15 is 0 Å². The quantitative estimate of drug-likeness (QED) is 0.244. The Morgan fingerprint density at radius 3 is 2.38 bits per heavy atom. The Bertz CT molecular complexity index is 1780. The van der Waals surface area contributed by atoms with Gasteiger partial charge in [0.1, 0.15) is 17.1 Å². The predicted molar refractivity (Wildman–Crippen MR) is 182 cm³/mol. The van der Waals surface area contributed by atoms with E-state index in [4.69, 9.17) is 37.7 Å². The molecule has 2 unspecified atom stereocenters. The molecule has 5 rings (SSSR count). The summed E-state index contributed by atoms with van der Waals surface area (Å²) in [5, 5.41) is 7.27. The molecule has 0 radical (unpaired) electrons. The van der Waals surface area contributed by atoms with Gasteiger partial charge in [0.05, 0.1) is 29.8 Å². The number of methoxy groups -OCH3 is 2. The lowest BCUT2D eigenvalue weighted by Crippen LogP contribution is -2.49. The van der Waals surface area contributed by atoms with Crippen LogP contribution in [0.2, 0.25) is 10.0 Å². The van der Waals surface area contributed by atoms with Crippen LogP contribution in [0.4, 0.5) is 5.95 Å². The molecule has 47 heavy (non-hydrogen) atoms. The summed E-state index contributed by atoms with van der Waals surface area (Å²) in [6.45, 7) is 8.35. The molecule has 248 valence electrons. The molecule has 12 nitrogen and oxygen atoms in total. The maximum atomic E-state index is 14.4. The molecule has 2 atom stereocenters. The van der Waals surface area contributed by atoms with Gasteiger partial charge in [-0.2, -0.15) is 4.98 Å². The molecular weight excluding hydrogens is 645 g/mol. The standard InChI is InChI=1S/C33H37Cl2N7O5/c1-5-8-27(44)41-14-11-40(12-15-41)13-16-42-31-20(19-36-33(39-31)38-23-10-7-9-22(23)37-26(43)6-2)17-21(32(42)45)28-29(34)24(46-3)18-25(47-4)30(28)35/h6,17-19,22-23H,2,7,9-16H2,1,3-4H3,(H,37,43)(H,36,38,39). The second-order valence-electron chi connectivity index (χ2n) is 11.3. The molecule has 3 aromatic rings. The van der Waals surface area contributed by atoms with Crippen LogP contribution >= 0.6 is 23.2 Å². The van der Waals surface area contributed by atoms with Gasteiger partial charge < -0.3 is 25.0 Å². The molecule has 3 heterocycles. The average molecular weight is 683 g/mol. The molecule has 0 spiro atoms. The third-order valence-corrected chi connectivity index (χ3v) is 9.30. The molecule has 1 aliphatic carbocycles. The number of piperazine rings is 1. The van der Waals surface area contributed by atoms with Crippen molar-refractivity contribution < 1.29 is 19.1 Å². The van der Waals surface area contributed by atoms with Crippen LogP contribution in [0.15, 0.2) is 35.8 Å². The molecule has 2 fully saturated rings. The van der Waals surface area contributed by atoms with Crippen LogP contribution in [0.5, 0.6) is 11.5 Å². The van der Waals surface area contributed by atoms with E-state index in [1.807, 2.05) is 0 Å². The normalized spacial score (nSPS) is 17.9. The smallest absolute Gasteiger partial charge is 0.298 e. The maximum Gasteiger partial charge on any atom is 0.298 e. The van der Waals surface area contributed by atoms with Crippen molar-refractivity contribution in [3.05, 3.63) is 51.4 Å². The van der Waals surface area contributed by atoms with Gasteiger partial charge in [0.25, 0.3) is 11.5 Å². The van der Waals surface area contributed by atoms with Crippen molar-refractivity contribution in [3.63, 3.8) is 0 Å². The summed E-state index contributed by atoms with van der Waals surface area (Å²) in [6, 6.07) is 3.05. The Morgan fingerprint density at radius 1 is 1.06 bits per heavy atom. The van der Waals surface area contributed by atoms with Crippen LogP contribution in [-0.2, 0) is 16.1 Å². The Morgan fingerprint density at radius 2 is 1.74 bits per heavy atom. The van der Waals surface area contributed by atoms with Gasteiger partial charge in [-0.3, -0.25) is 23.9 Å². The summed E-state index contributed by atoms with van der Waals surface area (Å²) in [7, 11) is 2.94. The van der Waals surface area contributed by atoms with Crippen molar-refractivity contribution in [2.75, 3.05) is 52.3 Å². The van der Waals surface area contributed by atoms with Crippen molar-refractivity contribution in [1.29, 1.82) is 0 Å². The van der Waals surface area contributed by atoms with Crippen LogP contribution in [0.25, 0.3) is 22.2 Å². The van der Waals surface area contributed by atoms with Crippen molar-refractivity contribution in [2.45, 2.75) is 44.8 Å². The minimum atomic E-state index is -0.356. The molecule has 0 bridgehead atoms. The largest absolute Gasteiger partial charge is 0.495 e. The number of halogens is 2.